The minimum Gasteiger partial charge on any atom is -0.442 e. The first kappa shape index (κ1) is 25.0. The van der Waals surface area contributed by atoms with Crippen molar-refractivity contribution in [1.29, 1.82) is 0 Å². The van der Waals surface area contributed by atoms with Crippen molar-refractivity contribution < 1.29 is 28.9 Å². The Hall–Kier alpha value is -4.63. The number of nitrogens with zero attached hydrogens (tertiary/aromatic N) is 7. The predicted molar refractivity (Wildman–Crippen MR) is 127 cm³/mol. The van der Waals surface area contributed by atoms with Crippen molar-refractivity contribution in [2.75, 3.05) is 36.0 Å². The number of rotatable bonds is 6. The van der Waals surface area contributed by atoms with E-state index in [0.717, 1.165) is 15.5 Å². The Kier molecular flexibility index (Phi) is 6.61. The zero-order valence-electron chi connectivity index (χ0n) is 19.7. The Bertz CT molecular complexity index is 1460. The molecule has 1 fully saturated rings. The van der Waals surface area contributed by atoms with Gasteiger partial charge in [0.2, 0.25) is 5.95 Å². The molecule has 2 aliphatic rings. The maximum atomic E-state index is 15.2. The summed E-state index contributed by atoms with van der Waals surface area (Å²) in [4.78, 5) is 59.8. The molecule has 0 bridgehead atoms. The third-order valence-electron chi connectivity index (χ3n) is 6.19. The first-order chi connectivity index (χ1) is 18.2. The fourth-order valence-corrected chi connectivity index (χ4v) is 4.36. The van der Waals surface area contributed by atoms with Crippen LogP contribution < -0.4 is 26.5 Å². The van der Waals surface area contributed by atoms with E-state index in [1.165, 1.54) is 33.9 Å². The lowest BCUT2D eigenvalue weighted by atomic mass is 10.2. The molecular formula is C22H23F3N8O5. The molecule has 2 amide bonds. The van der Waals surface area contributed by atoms with Gasteiger partial charge in [-0.2, -0.15) is 13.3 Å². The van der Waals surface area contributed by atoms with E-state index < -0.39 is 41.7 Å². The molecule has 2 aromatic heterocycles. The summed E-state index contributed by atoms with van der Waals surface area (Å²) in [5, 5.41) is 1.98. The Morgan fingerprint density at radius 3 is 2.34 bits per heavy atom. The molecule has 13 nitrogen and oxygen atoms in total. The summed E-state index contributed by atoms with van der Waals surface area (Å²) in [6.45, 7) is 0.248. The maximum Gasteiger partial charge on any atom is 0.414 e. The van der Waals surface area contributed by atoms with Crippen molar-refractivity contribution in [2.45, 2.75) is 25.6 Å². The van der Waals surface area contributed by atoms with Gasteiger partial charge in [0, 0.05) is 26.9 Å². The van der Waals surface area contributed by atoms with Gasteiger partial charge >= 0.3 is 23.9 Å². The lowest BCUT2D eigenvalue weighted by molar-refractivity contribution is -0.132. The van der Waals surface area contributed by atoms with Crippen LogP contribution in [0.25, 0.3) is 5.95 Å². The normalized spacial score (nSPS) is 17.4. The smallest absolute Gasteiger partial charge is 0.414 e. The number of halogens is 3. The highest BCUT2D eigenvalue weighted by Crippen LogP contribution is 2.28. The predicted octanol–water partition coefficient (Wildman–Crippen LogP) is 0.202. The Balaban J connectivity index is 0.00000353. The van der Waals surface area contributed by atoms with E-state index >= 15 is 4.39 Å². The van der Waals surface area contributed by atoms with Crippen LogP contribution in [0.1, 0.15) is 1.43 Å². The van der Waals surface area contributed by atoms with Gasteiger partial charge in [-0.05, 0) is 24.3 Å². The van der Waals surface area contributed by atoms with Gasteiger partial charge in [-0.3, -0.25) is 9.69 Å². The number of amides is 2. The average Bonchev–Trinajstić information content (AvgIpc) is 3.27. The van der Waals surface area contributed by atoms with Crippen LogP contribution in [0.15, 0.2) is 46.2 Å². The molecule has 38 heavy (non-hydrogen) atoms. The fraction of sp³-hybridized carbons (Fsp3) is 0.364. The highest BCUT2D eigenvalue weighted by Gasteiger charge is 2.34. The zero-order chi connectivity index (χ0) is 27.0. The summed E-state index contributed by atoms with van der Waals surface area (Å²) in [5.41, 5.74) is -0.828. The van der Waals surface area contributed by atoms with Crippen molar-refractivity contribution in [1.82, 2.24) is 29.2 Å². The van der Waals surface area contributed by atoms with E-state index in [1.807, 2.05) is 5.32 Å². The highest BCUT2D eigenvalue weighted by atomic mass is 19.3. The third-order valence-corrected chi connectivity index (χ3v) is 6.19. The van der Waals surface area contributed by atoms with Crippen molar-refractivity contribution in [2.24, 2.45) is 0 Å². The number of ether oxygens (including phenoxy) is 1. The zero-order valence-corrected chi connectivity index (χ0v) is 19.7. The molecule has 202 valence electrons. The molecule has 1 aromatic carbocycles. The maximum absolute atomic E-state index is 15.2. The van der Waals surface area contributed by atoms with E-state index in [4.69, 9.17) is 4.74 Å². The molecule has 3 aromatic rings. The first-order valence-corrected chi connectivity index (χ1v) is 11.5. The van der Waals surface area contributed by atoms with E-state index in [2.05, 4.69) is 9.97 Å². The number of cyclic esters (lactones) is 1. The number of nitrogens with one attached hydrogen (secondary N) is 1. The van der Waals surface area contributed by atoms with Crippen molar-refractivity contribution in [3.05, 3.63) is 63.4 Å². The summed E-state index contributed by atoms with van der Waals surface area (Å²) in [5.74, 6) is -2.17. The van der Waals surface area contributed by atoms with Gasteiger partial charge in [0.15, 0.2) is 0 Å². The molecule has 1 N–H and O–H groups in total. The molecule has 0 aliphatic carbocycles. The van der Waals surface area contributed by atoms with Gasteiger partial charge in [0.05, 0.1) is 37.6 Å². The largest absolute Gasteiger partial charge is 0.442 e. The number of hydrogen-bond acceptors (Lipinski definition) is 8. The quantitative estimate of drug-likeness (QED) is 0.472. The Labute approximate surface area is 213 Å². The van der Waals surface area contributed by atoms with Crippen LogP contribution in [-0.2, 0) is 22.6 Å². The molecule has 16 heteroatoms. The molecular weight excluding hydrogens is 513 g/mol. The summed E-state index contributed by atoms with van der Waals surface area (Å²) >= 11 is 0. The second-order valence-electron chi connectivity index (χ2n) is 8.48. The summed E-state index contributed by atoms with van der Waals surface area (Å²) < 4.78 is 48.3. The molecule has 4 heterocycles. The molecule has 0 saturated carbocycles. The second kappa shape index (κ2) is 10.0. The number of carbonyl (C=O) groups excluding carboxylic acids is 2. The van der Waals surface area contributed by atoms with Crippen molar-refractivity contribution in [3.63, 3.8) is 0 Å². The molecule has 1 atom stereocenters. The van der Waals surface area contributed by atoms with Gasteiger partial charge in [-0.1, -0.05) is 0 Å². The number of carbonyl (C=O) groups is 2. The summed E-state index contributed by atoms with van der Waals surface area (Å²) in [6.07, 6.45) is -2.03. The SMILES string of the molecule is O=C(NC[C@H]1CN(c2ccc(N3CCn4c(=O)n(-c5ncccn5)c(=O)n4CC3)c(F)c2)C(=O)O1)C(F)F.[HH]. The number of anilines is 2. The van der Waals surface area contributed by atoms with Gasteiger partial charge in [-0.15, -0.1) is 0 Å². The molecule has 0 spiro atoms. The van der Waals surface area contributed by atoms with Crippen LogP contribution in [0.2, 0.25) is 0 Å². The monoisotopic (exact) mass is 536 g/mol. The summed E-state index contributed by atoms with van der Waals surface area (Å²) in [7, 11) is 0. The van der Waals surface area contributed by atoms with Crippen LogP contribution >= 0.6 is 0 Å². The number of fused-ring (bicyclic) bond motifs is 1. The minimum absolute atomic E-state index is 0. The lowest BCUT2D eigenvalue weighted by Crippen LogP contribution is -2.37. The Morgan fingerprint density at radius 1 is 1.08 bits per heavy atom. The average molecular weight is 536 g/mol. The number of alkyl halides is 2. The second-order valence-corrected chi connectivity index (χ2v) is 8.48. The highest BCUT2D eigenvalue weighted by molar-refractivity contribution is 5.90. The van der Waals surface area contributed by atoms with Crippen LogP contribution in [-0.4, -0.2) is 74.6 Å². The number of hydrogen-bond donors (Lipinski definition) is 1. The van der Waals surface area contributed by atoms with Gasteiger partial charge in [0.25, 0.3) is 5.91 Å². The lowest BCUT2D eigenvalue weighted by Gasteiger charge is -2.23. The molecule has 0 radical (unpaired) electrons. The van der Waals surface area contributed by atoms with Crippen molar-refractivity contribution >= 4 is 23.4 Å². The number of aromatic nitrogens is 5. The van der Waals surface area contributed by atoms with Crippen LogP contribution in [0.3, 0.4) is 0 Å². The minimum atomic E-state index is -3.19. The molecule has 5 rings (SSSR count). The van der Waals surface area contributed by atoms with Crippen LogP contribution in [0.5, 0.6) is 0 Å². The van der Waals surface area contributed by atoms with E-state index in [-0.39, 0.29) is 58.0 Å². The summed E-state index contributed by atoms with van der Waals surface area (Å²) in [6, 6.07) is 5.65. The van der Waals surface area contributed by atoms with Crippen LogP contribution in [0, 0.1) is 5.82 Å². The van der Waals surface area contributed by atoms with Crippen molar-refractivity contribution in [3.8, 4) is 5.95 Å². The van der Waals surface area contributed by atoms with E-state index in [9.17, 15) is 28.0 Å². The fourth-order valence-electron chi connectivity index (χ4n) is 4.36. The van der Waals surface area contributed by atoms with Gasteiger partial charge < -0.3 is 15.0 Å². The number of benzene rings is 1. The van der Waals surface area contributed by atoms with E-state index in [1.54, 1.807) is 11.0 Å². The Morgan fingerprint density at radius 2 is 1.74 bits per heavy atom. The van der Waals surface area contributed by atoms with Gasteiger partial charge in [0.1, 0.15) is 11.9 Å². The van der Waals surface area contributed by atoms with Gasteiger partial charge in [-0.25, -0.2) is 38.1 Å². The first-order valence-electron chi connectivity index (χ1n) is 11.5. The molecule has 2 aliphatic heterocycles. The molecule has 1 saturated heterocycles. The standard InChI is InChI=1S/C22H21F3N8O5.H2/c23-15-10-13(30-12-14(38-22(30)37)11-28-18(34)17(24)25)2-3-16(15)29-6-8-31-20(35)33(19-26-4-1-5-27-19)21(36)32(31)9-7-29;/h1-5,10,14,17H,6-9,11-12H2,(H,28,34);1H/t14-;/m0./s1. The topological polar surface area (TPSA) is 137 Å². The third kappa shape index (κ3) is 4.59. The van der Waals surface area contributed by atoms with Crippen LogP contribution in [0.4, 0.5) is 29.3 Å². The van der Waals surface area contributed by atoms with E-state index in [0.29, 0.717) is 0 Å². The molecule has 0 unspecified atom stereocenters.